The molecule has 1 unspecified atom stereocenters. The lowest BCUT2D eigenvalue weighted by Gasteiger charge is -2.52. The predicted octanol–water partition coefficient (Wildman–Crippen LogP) is 1.92. The Bertz CT molecular complexity index is 258. The van der Waals surface area contributed by atoms with Crippen LogP contribution in [0.3, 0.4) is 0 Å². The summed E-state index contributed by atoms with van der Waals surface area (Å²) < 4.78 is 0. The first kappa shape index (κ1) is 14.3. The molecule has 2 aliphatic rings. The first-order valence-electron chi connectivity index (χ1n) is 7.80. The minimum Gasteiger partial charge on any atom is -0.329 e. The molecule has 1 aliphatic heterocycles. The quantitative estimate of drug-likeness (QED) is 0.834. The third-order valence-corrected chi connectivity index (χ3v) is 5.43. The van der Waals surface area contributed by atoms with Crippen molar-refractivity contribution in [2.24, 2.45) is 11.7 Å². The number of piperazine rings is 1. The highest BCUT2D eigenvalue weighted by Crippen LogP contribution is 2.36. The van der Waals surface area contributed by atoms with Crippen LogP contribution in [0.4, 0.5) is 0 Å². The number of nitrogens with two attached hydrogens (primary N) is 1. The van der Waals surface area contributed by atoms with Gasteiger partial charge in [0.25, 0.3) is 0 Å². The molecule has 0 bridgehead atoms. The third-order valence-electron chi connectivity index (χ3n) is 5.43. The highest BCUT2D eigenvalue weighted by molar-refractivity contribution is 4.98. The molecule has 0 aromatic carbocycles. The molecule has 3 nitrogen and oxygen atoms in total. The van der Waals surface area contributed by atoms with Crippen LogP contribution in [0.5, 0.6) is 0 Å². The minimum absolute atomic E-state index is 0.320. The Morgan fingerprint density at radius 2 is 1.83 bits per heavy atom. The summed E-state index contributed by atoms with van der Waals surface area (Å²) in [6.45, 7) is 12.7. The van der Waals surface area contributed by atoms with Gasteiger partial charge >= 0.3 is 0 Å². The SMILES string of the molecule is CCN1CCN(C2(CN)CCC(C)CC2)CC1C. The normalized spacial score (nSPS) is 40.0. The first-order chi connectivity index (χ1) is 8.61. The van der Waals surface area contributed by atoms with Crippen LogP contribution in [0.2, 0.25) is 0 Å². The minimum atomic E-state index is 0.320. The van der Waals surface area contributed by atoms with E-state index in [0.717, 1.165) is 12.5 Å². The van der Waals surface area contributed by atoms with Crippen molar-refractivity contribution in [3.8, 4) is 0 Å². The van der Waals surface area contributed by atoms with Crippen molar-refractivity contribution >= 4 is 0 Å². The van der Waals surface area contributed by atoms with E-state index < -0.39 is 0 Å². The molecule has 2 fully saturated rings. The summed E-state index contributed by atoms with van der Waals surface area (Å²) in [6.07, 6.45) is 5.34. The topological polar surface area (TPSA) is 32.5 Å². The highest BCUT2D eigenvalue weighted by atomic mass is 15.3. The average molecular weight is 253 g/mol. The summed E-state index contributed by atoms with van der Waals surface area (Å²) in [5.74, 6) is 0.902. The Hall–Kier alpha value is -0.120. The zero-order chi connectivity index (χ0) is 13.2. The maximum absolute atomic E-state index is 6.17. The fraction of sp³-hybridized carbons (Fsp3) is 1.00. The number of likely N-dealkylation sites (N-methyl/N-ethyl adjacent to an activating group) is 1. The molecule has 0 radical (unpaired) electrons. The summed E-state index contributed by atoms with van der Waals surface area (Å²) in [4.78, 5) is 5.31. The van der Waals surface area contributed by atoms with Gasteiger partial charge < -0.3 is 5.73 Å². The molecule has 1 atom stereocenters. The molecular weight excluding hydrogens is 222 g/mol. The second-order valence-electron chi connectivity index (χ2n) is 6.53. The van der Waals surface area contributed by atoms with Crippen molar-refractivity contribution in [1.29, 1.82) is 0 Å². The van der Waals surface area contributed by atoms with Gasteiger partial charge in [-0.1, -0.05) is 13.8 Å². The van der Waals surface area contributed by atoms with E-state index in [0.29, 0.717) is 11.6 Å². The van der Waals surface area contributed by atoms with Gasteiger partial charge in [-0.25, -0.2) is 0 Å². The Labute approximate surface area is 113 Å². The van der Waals surface area contributed by atoms with Crippen LogP contribution in [0.25, 0.3) is 0 Å². The van der Waals surface area contributed by atoms with E-state index in [-0.39, 0.29) is 0 Å². The second-order valence-corrected chi connectivity index (χ2v) is 6.53. The second kappa shape index (κ2) is 5.89. The van der Waals surface area contributed by atoms with Crippen molar-refractivity contribution in [2.75, 3.05) is 32.7 Å². The van der Waals surface area contributed by atoms with E-state index in [9.17, 15) is 0 Å². The molecule has 0 spiro atoms. The van der Waals surface area contributed by atoms with E-state index in [4.69, 9.17) is 5.73 Å². The lowest BCUT2D eigenvalue weighted by atomic mass is 9.75. The zero-order valence-corrected chi connectivity index (χ0v) is 12.5. The molecule has 0 amide bonds. The van der Waals surface area contributed by atoms with Gasteiger partial charge in [-0.05, 0) is 45.1 Å². The Balaban J connectivity index is 2.01. The first-order valence-corrected chi connectivity index (χ1v) is 7.80. The Kier molecular flexibility index (Phi) is 4.68. The van der Waals surface area contributed by atoms with Crippen LogP contribution < -0.4 is 5.73 Å². The lowest BCUT2D eigenvalue weighted by molar-refractivity contribution is -0.0148. The zero-order valence-electron chi connectivity index (χ0n) is 12.5. The largest absolute Gasteiger partial charge is 0.329 e. The lowest BCUT2D eigenvalue weighted by Crippen LogP contribution is -2.63. The monoisotopic (exact) mass is 253 g/mol. The van der Waals surface area contributed by atoms with Gasteiger partial charge in [0.05, 0.1) is 0 Å². The van der Waals surface area contributed by atoms with Crippen LogP contribution in [0, 0.1) is 5.92 Å². The third kappa shape index (κ3) is 2.73. The van der Waals surface area contributed by atoms with Crippen LogP contribution in [0.1, 0.15) is 46.5 Å². The van der Waals surface area contributed by atoms with Crippen LogP contribution in [-0.4, -0.2) is 54.1 Å². The molecule has 2 rings (SSSR count). The van der Waals surface area contributed by atoms with Crippen LogP contribution >= 0.6 is 0 Å². The molecule has 1 aliphatic carbocycles. The Morgan fingerprint density at radius 1 is 1.17 bits per heavy atom. The van der Waals surface area contributed by atoms with Crippen molar-refractivity contribution < 1.29 is 0 Å². The molecule has 2 N–H and O–H groups in total. The van der Waals surface area contributed by atoms with E-state index in [2.05, 4.69) is 30.6 Å². The van der Waals surface area contributed by atoms with Crippen LogP contribution in [-0.2, 0) is 0 Å². The number of hydrogen-bond donors (Lipinski definition) is 1. The van der Waals surface area contributed by atoms with Gasteiger partial charge in [0, 0.05) is 37.8 Å². The molecule has 18 heavy (non-hydrogen) atoms. The van der Waals surface area contributed by atoms with Crippen molar-refractivity contribution in [2.45, 2.75) is 58.0 Å². The smallest absolute Gasteiger partial charge is 0.0333 e. The molecular formula is C15H31N3. The number of nitrogens with zero attached hydrogens (tertiary/aromatic N) is 2. The van der Waals surface area contributed by atoms with E-state index >= 15 is 0 Å². The van der Waals surface area contributed by atoms with Crippen molar-refractivity contribution in [3.05, 3.63) is 0 Å². The van der Waals surface area contributed by atoms with Gasteiger partial charge in [0.2, 0.25) is 0 Å². The van der Waals surface area contributed by atoms with Crippen LogP contribution in [0.15, 0.2) is 0 Å². The molecule has 1 heterocycles. The van der Waals surface area contributed by atoms with Gasteiger partial charge in [0.1, 0.15) is 0 Å². The predicted molar refractivity (Wildman–Crippen MR) is 77.7 cm³/mol. The fourth-order valence-corrected chi connectivity index (χ4v) is 3.84. The molecule has 1 saturated heterocycles. The summed E-state index contributed by atoms with van der Waals surface area (Å²) in [7, 11) is 0. The summed E-state index contributed by atoms with van der Waals surface area (Å²) in [6, 6.07) is 0.687. The molecule has 0 aromatic rings. The fourth-order valence-electron chi connectivity index (χ4n) is 3.84. The molecule has 106 valence electrons. The maximum atomic E-state index is 6.17. The maximum Gasteiger partial charge on any atom is 0.0333 e. The molecule has 3 heteroatoms. The van der Waals surface area contributed by atoms with E-state index in [1.807, 2.05) is 0 Å². The average Bonchev–Trinajstić information content (AvgIpc) is 2.40. The number of rotatable bonds is 3. The summed E-state index contributed by atoms with van der Waals surface area (Å²) in [5.41, 5.74) is 6.49. The Morgan fingerprint density at radius 3 is 2.33 bits per heavy atom. The number of hydrogen-bond acceptors (Lipinski definition) is 3. The highest BCUT2D eigenvalue weighted by Gasteiger charge is 2.40. The standard InChI is InChI=1S/C15H31N3/c1-4-17-9-10-18(11-14(17)3)15(12-16)7-5-13(2)6-8-15/h13-14H,4-12,16H2,1-3H3. The van der Waals surface area contributed by atoms with E-state index in [1.54, 1.807) is 0 Å². The van der Waals surface area contributed by atoms with Gasteiger partial charge in [-0.2, -0.15) is 0 Å². The van der Waals surface area contributed by atoms with Crippen molar-refractivity contribution in [3.63, 3.8) is 0 Å². The van der Waals surface area contributed by atoms with Crippen molar-refractivity contribution in [1.82, 2.24) is 9.80 Å². The van der Waals surface area contributed by atoms with Gasteiger partial charge in [-0.3, -0.25) is 9.80 Å². The van der Waals surface area contributed by atoms with Gasteiger partial charge in [0.15, 0.2) is 0 Å². The molecule has 1 saturated carbocycles. The van der Waals surface area contributed by atoms with Gasteiger partial charge in [-0.15, -0.1) is 0 Å². The van der Waals surface area contributed by atoms with E-state index in [1.165, 1.54) is 51.9 Å². The summed E-state index contributed by atoms with van der Waals surface area (Å²) in [5, 5.41) is 0. The summed E-state index contributed by atoms with van der Waals surface area (Å²) >= 11 is 0. The molecule has 0 aromatic heterocycles.